The standard InChI is InChI=1S/C32H36N6O3/c1-37(23-12-13-23)20-7-11-29(39)38-21-6-5-8-24(38)22-34-32-30-28(18-19-33-31(30)35-36-32)41-27-16-14-26(15-17-27)40-25-9-3-2-4-10-25/h2-4,7,9-11,14-19,23-24H,5-6,8,12-13,20-22H2,1H3,(H2,33,34,35,36)/b11-7+/t24-/m0/s1. The molecule has 9 nitrogen and oxygen atoms in total. The maximum absolute atomic E-state index is 13.1. The van der Waals surface area contributed by atoms with Crippen molar-refractivity contribution in [2.75, 3.05) is 32.0 Å². The molecule has 2 aromatic carbocycles. The lowest BCUT2D eigenvalue weighted by molar-refractivity contribution is -0.129. The van der Waals surface area contributed by atoms with Crippen LogP contribution in [0.4, 0.5) is 5.82 Å². The van der Waals surface area contributed by atoms with Crippen molar-refractivity contribution in [3.63, 3.8) is 0 Å². The van der Waals surface area contributed by atoms with E-state index in [1.807, 2.05) is 71.6 Å². The number of carbonyl (C=O) groups is 1. The third-order valence-corrected chi connectivity index (χ3v) is 7.69. The van der Waals surface area contributed by atoms with Gasteiger partial charge in [0.25, 0.3) is 0 Å². The third kappa shape index (κ3) is 6.69. The fraction of sp³-hybridized carbons (Fsp3) is 0.344. The molecule has 0 spiro atoms. The first-order chi connectivity index (χ1) is 20.1. The van der Waals surface area contributed by atoms with Gasteiger partial charge in [-0.05, 0) is 75.5 Å². The smallest absolute Gasteiger partial charge is 0.246 e. The second kappa shape index (κ2) is 12.4. The van der Waals surface area contributed by atoms with Crippen LogP contribution in [0.3, 0.4) is 0 Å². The number of ether oxygens (including phenoxy) is 2. The van der Waals surface area contributed by atoms with Crippen molar-refractivity contribution in [1.29, 1.82) is 0 Å². The van der Waals surface area contributed by atoms with Gasteiger partial charge >= 0.3 is 0 Å². The van der Waals surface area contributed by atoms with Gasteiger partial charge in [0.05, 0.1) is 0 Å². The van der Waals surface area contributed by atoms with Gasteiger partial charge in [0, 0.05) is 50.1 Å². The van der Waals surface area contributed by atoms with Crippen LogP contribution in [-0.4, -0.2) is 69.7 Å². The number of amides is 1. The summed E-state index contributed by atoms with van der Waals surface area (Å²) in [5.41, 5.74) is 0.633. The molecule has 1 amide bonds. The number of hydrogen-bond donors (Lipinski definition) is 2. The molecule has 41 heavy (non-hydrogen) atoms. The van der Waals surface area contributed by atoms with Crippen LogP contribution in [0.25, 0.3) is 11.0 Å². The highest BCUT2D eigenvalue weighted by Crippen LogP contribution is 2.34. The summed E-state index contributed by atoms with van der Waals surface area (Å²) in [4.78, 5) is 21.8. The normalized spacial score (nSPS) is 17.3. The minimum atomic E-state index is 0.0814. The van der Waals surface area contributed by atoms with Gasteiger partial charge in [-0.3, -0.25) is 14.8 Å². The molecule has 1 saturated heterocycles. The number of nitrogens with one attached hydrogen (secondary N) is 2. The van der Waals surface area contributed by atoms with Gasteiger partial charge in [-0.15, -0.1) is 0 Å². The summed E-state index contributed by atoms with van der Waals surface area (Å²) in [5.74, 6) is 3.56. The Balaban J connectivity index is 1.11. The largest absolute Gasteiger partial charge is 0.457 e. The van der Waals surface area contributed by atoms with Crippen LogP contribution in [0.5, 0.6) is 23.0 Å². The van der Waals surface area contributed by atoms with Crippen molar-refractivity contribution >= 4 is 22.8 Å². The van der Waals surface area contributed by atoms with Crippen LogP contribution in [0.1, 0.15) is 32.1 Å². The number of pyridine rings is 1. The van der Waals surface area contributed by atoms with Gasteiger partial charge in [0.2, 0.25) is 5.91 Å². The van der Waals surface area contributed by atoms with Crippen LogP contribution in [0.15, 0.2) is 79.0 Å². The first kappa shape index (κ1) is 26.8. The Morgan fingerprint density at radius 3 is 2.56 bits per heavy atom. The Kier molecular flexibility index (Phi) is 8.13. The molecule has 3 heterocycles. The van der Waals surface area contributed by atoms with E-state index < -0.39 is 0 Å². The number of fused-ring (bicyclic) bond motifs is 1. The molecule has 1 atom stereocenters. The number of likely N-dealkylation sites (tertiary alicyclic amines) is 1. The Morgan fingerprint density at radius 2 is 1.78 bits per heavy atom. The lowest BCUT2D eigenvalue weighted by Gasteiger charge is -2.35. The summed E-state index contributed by atoms with van der Waals surface area (Å²) in [6.07, 6.45) is 11.0. The summed E-state index contributed by atoms with van der Waals surface area (Å²) >= 11 is 0. The topological polar surface area (TPSA) is 95.6 Å². The lowest BCUT2D eigenvalue weighted by Crippen LogP contribution is -2.46. The molecule has 1 aliphatic carbocycles. The van der Waals surface area contributed by atoms with Gasteiger partial charge < -0.3 is 19.7 Å². The zero-order valence-corrected chi connectivity index (χ0v) is 23.3. The fourth-order valence-electron chi connectivity index (χ4n) is 5.26. The highest BCUT2D eigenvalue weighted by molar-refractivity contribution is 5.93. The van der Waals surface area contributed by atoms with Gasteiger partial charge in [-0.25, -0.2) is 4.98 Å². The van der Waals surface area contributed by atoms with Crippen molar-refractivity contribution in [2.45, 2.75) is 44.2 Å². The third-order valence-electron chi connectivity index (χ3n) is 7.69. The molecular formula is C32H36N6O3. The van der Waals surface area contributed by atoms with E-state index >= 15 is 0 Å². The highest BCUT2D eigenvalue weighted by atomic mass is 16.5. The SMILES string of the molecule is CN(C/C=C/C(=O)N1CCCC[C@H]1CNc1n[nH]c2nccc(Oc3ccc(Oc4ccccc4)cc3)c12)C1CC1. The molecule has 2 N–H and O–H groups in total. The molecule has 2 aromatic heterocycles. The maximum Gasteiger partial charge on any atom is 0.246 e. The predicted molar refractivity (Wildman–Crippen MR) is 160 cm³/mol. The second-order valence-electron chi connectivity index (χ2n) is 10.7. The van der Waals surface area contributed by atoms with E-state index in [1.165, 1.54) is 12.8 Å². The first-order valence-electron chi connectivity index (χ1n) is 14.4. The summed E-state index contributed by atoms with van der Waals surface area (Å²) in [5, 5.41) is 11.7. The van der Waals surface area contributed by atoms with Gasteiger partial charge in [-0.2, -0.15) is 5.10 Å². The van der Waals surface area contributed by atoms with E-state index in [4.69, 9.17) is 9.47 Å². The van der Waals surface area contributed by atoms with Gasteiger partial charge in [0.1, 0.15) is 28.4 Å². The van der Waals surface area contributed by atoms with E-state index in [9.17, 15) is 4.79 Å². The van der Waals surface area contributed by atoms with Gasteiger partial charge in [-0.1, -0.05) is 24.3 Å². The Hall–Kier alpha value is -4.37. The minimum absolute atomic E-state index is 0.0814. The zero-order chi connectivity index (χ0) is 28.0. The van der Waals surface area contributed by atoms with Crippen LogP contribution >= 0.6 is 0 Å². The quantitative estimate of drug-likeness (QED) is 0.221. The zero-order valence-electron chi connectivity index (χ0n) is 23.3. The van der Waals surface area contributed by atoms with Crippen LogP contribution in [0, 0.1) is 0 Å². The lowest BCUT2D eigenvalue weighted by atomic mass is 10.0. The maximum atomic E-state index is 13.1. The molecule has 212 valence electrons. The molecule has 4 aromatic rings. The van der Waals surface area contributed by atoms with E-state index in [0.29, 0.717) is 35.6 Å². The van der Waals surface area contributed by atoms with E-state index in [-0.39, 0.29) is 11.9 Å². The number of rotatable bonds is 11. The van der Waals surface area contributed by atoms with Crippen molar-refractivity contribution < 1.29 is 14.3 Å². The van der Waals surface area contributed by atoms with E-state index in [1.54, 1.807) is 12.3 Å². The predicted octanol–water partition coefficient (Wildman–Crippen LogP) is 5.99. The number of likely N-dealkylation sites (N-methyl/N-ethyl adjacent to an activating group) is 1. The number of aromatic nitrogens is 3. The monoisotopic (exact) mass is 552 g/mol. The molecule has 2 aliphatic rings. The molecule has 6 rings (SSSR count). The van der Waals surface area contributed by atoms with Crippen molar-refractivity contribution in [3.8, 4) is 23.0 Å². The second-order valence-corrected chi connectivity index (χ2v) is 10.7. The summed E-state index contributed by atoms with van der Waals surface area (Å²) < 4.78 is 12.2. The highest BCUT2D eigenvalue weighted by Gasteiger charge is 2.27. The van der Waals surface area contributed by atoms with E-state index in [0.717, 1.165) is 49.2 Å². The Morgan fingerprint density at radius 1 is 1.02 bits per heavy atom. The molecule has 2 fully saturated rings. The molecule has 0 radical (unpaired) electrons. The number of benzene rings is 2. The molecule has 9 heteroatoms. The van der Waals surface area contributed by atoms with Crippen LogP contribution < -0.4 is 14.8 Å². The van der Waals surface area contributed by atoms with Crippen molar-refractivity contribution in [1.82, 2.24) is 25.0 Å². The average Bonchev–Trinajstić information content (AvgIpc) is 3.78. The number of piperidine rings is 1. The van der Waals surface area contributed by atoms with Crippen LogP contribution in [-0.2, 0) is 4.79 Å². The number of aromatic amines is 1. The number of carbonyl (C=O) groups excluding carboxylic acids is 1. The van der Waals surface area contributed by atoms with Crippen molar-refractivity contribution in [2.24, 2.45) is 0 Å². The van der Waals surface area contributed by atoms with Crippen molar-refractivity contribution in [3.05, 3.63) is 79.0 Å². The van der Waals surface area contributed by atoms with E-state index in [2.05, 4.69) is 32.4 Å². The number of H-pyrrole nitrogens is 1. The number of nitrogens with zero attached hydrogens (tertiary/aromatic N) is 4. The summed E-state index contributed by atoms with van der Waals surface area (Å²) in [7, 11) is 2.12. The Bertz CT molecular complexity index is 1480. The average molecular weight is 553 g/mol. The number of anilines is 1. The summed E-state index contributed by atoms with van der Waals surface area (Å²) in [6, 6.07) is 19.8. The fourth-order valence-corrected chi connectivity index (χ4v) is 5.26. The minimum Gasteiger partial charge on any atom is -0.457 e. The summed E-state index contributed by atoms with van der Waals surface area (Å²) in [6.45, 7) is 2.18. The molecular weight excluding hydrogens is 516 g/mol. The van der Waals surface area contributed by atoms with Crippen LogP contribution in [0.2, 0.25) is 0 Å². The molecule has 0 unspecified atom stereocenters. The number of para-hydroxylation sites is 1. The molecule has 1 aliphatic heterocycles. The Labute approximate surface area is 240 Å². The molecule has 1 saturated carbocycles. The van der Waals surface area contributed by atoms with Gasteiger partial charge in [0.15, 0.2) is 11.5 Å². The number of hydrogen-bond acceptors (Lipinski definition) is 7. The first-order valence-corrected chi connectivity index (χ1v) is 14.4. The molecule has 0 bridgehead atoms.